The van der Waals surface area contributed by atoms with Crippen LogP contribution in [0.3, 0.4) is 0 Å². The lowest BCUT2D eigenvalue weighted by atomic mass is 9.86. The van der Waals surface area contributed by atoms with E-state index in [0.29, 0.717) is 12.1 Å². The molecule has 0 unspecified atom stereocenters. The Morgan fingerprint density at radius 2 is 1.85 bits per heavy atom. The fraction of sp³-hybridized carbons (Fsp3) is 0.562. The van der Waals surface area contributed by atoms with Crippen LogP contribution in [0.25, 0.3) is 0 Å². The van der Waals surface area contributed by atoms with E-state index in [4.69, 9.17) is 0 Å². The number of hydrogen-bond donors (Lipinski definition) is 1. The van der Waals surface area contributed by atoms with Gasteiger partial charge in [-0.15, -0.1) is 0 Å². The van der Waals surface area contributed by atoms with Crippen LogP contribution >= 0.6 is 0 Å². The number of esters is 1. The second-order valence-electron chi connectivity index (χ2n) is 6.83. The summed E-state index contributed by atoms with van der Waals surface area (Å²) < 4.78 is 61.7. The number of halogens is 3. The van der Waals surface area contributed by atoms with E-state index in [9.17, 15) is 32.3 Å². The van der Waals surface area contributed by atoms with Gasteiger partial charge < -0.3 is 4.74 Å². The topological polar surface area (TPSA) is 98.5 Å². The summed E-state index contributed by atoms with van der Waals surface area (Å²) in [4.78, 5) is 21.8. The molecule has 0 fully saturated rings. The molecule has 152 valence electrons. The van der Waals surface area contributed by atoms with Crippen molar-refractivity contribution in [3.63, 3.8) is 0 Å². The molecule has 0 aliphatic carbocycles. The van der Waals surface area contributed by atoms with Crippen LogP contribution in [0.15, 0.2) is 18.2 Å². The molecule has 0 amide bonds. The van der Waals surface area contributed by atoms with Crippen molar-refractivity contribution in [2.24, 2.45) is 0 Å². The SMILES string of the molecule is CCOC(=O)C(F)(F)[C@](C)(N[S@](=O)C(C)(C)C)c1ccc(F)c([N+](=O)[O-])c1. The molecule has 11 heteroatoms. The maximum Gasteiger partial charge on any atom is 0.379 e. The molecule has 0 aliphatic heterocycles. The summed E-state index contributed by atoms with van der Waals surface area (Å²) in [5.74, 6) is -7.41. The first-order valence-electron chi connectivity index (χ1n) is 7.87. The van der Waals surface area contributed by atoms with Crippen molar-refractivity contribution in [2.45, 2.75) is 50.8 Å². The van der Waals surface area contributed by atoms with Crippen LogP contribution in [-0.2, 0) is 26.1 Å². The van der Waals surface area contributed by atoms with E-state index in [0.717, 1.165) is 13.0 Å². The zero-order valence-corrected chi connectivity index (χ0v) is 16.3. The summed E-state index contributed by atoms with van der Waals surface area (Å²) in [7, 11) is -2.10. The van der Waals surface area contributed by atoms with Crippen LogP contribution in [0.4, 0.5) is 18.9 Å². The summed E-state index contributed by atoms with van der Waals surface area (Å²) in [6.45, 7) is 6.36. The van der Waals surface area contributed by atoms with Gasteiger partial charge in [0.15, 0.2) is 0 Å². The van der Waals surface area contributed by atoms with Gasteiger partial charge in [-0.25, -0.2) is 13.7 Å². The number of benzene rings is 1. The Kier molecular flexibility index (Phi) is 6.76. The minimum absolute atomic E-state index is 0.337. The molecule has 1 N–H and O–H groups in total. The average Bonchev–Trinajstić information content (AvgIpc) is 2.53. The Morgan fingerprint density at radius 1 is 1.30 bits per heavy atom. The lowest BCUT2D eigenvalue weighted by Gasteiger charge is -2.38. The van der Waals surface area contributed by atoms with E-state index in [1.165, 1.54) is 27.7 Å². The third-order valence-electron chi connectivity index (χ3n) is 3.73. The van der Waals surface area contributed by atoms with Crippen LogP contribution < -0.4 is 4.72 Å². The lowest BCUT2D eigenvalue weighted by Crippen LogP contribution is -2.60. The monoisotopic (exact) mass is 410 g/mol. The first kappa shape index (κ1) is 23.0. The molecule has 27 heavy (non-hydrogen) atoms. The Bertz CT molecular complexity index is 767. The molecule has 7 nitrogen and oxygen atoms in total. The molecule has 0 heterocycles. The Labute approximate surface area is 157 Å². The van der Waals surface area contributed by atoms with E-state index in [-0.39, 0.29) is 6.61 Å². The molecule has 1 aromatic carbocycles. The molecule has 1 aromatic rings. The Hall–Kier alpha value is -2.01. The predicted molar refractivity (Wildman–Crippen MR) is 93.0 cm³/mol. The average molecular weight is 410 g/mol. The van der Waals surface area contributed by atoms with Crippen molar-refractivity contribution in [2.75, 3.05) is 6.61 Å². The van der Waals surface area contributed by atoms with Crippen molar-refractivity contribution in [3.05, 3.63) is 39.7 Å². The number of carbonyl (C=O) groups excluding carboxylic acids is 1. The molecule has 0 radical (unpaired) electrons. The number of carbonyl (C=O) groups is 1. The smallest absolute Gasteiger partial charge is 0.379 e. The van der Waals surface area contributed by atoms with Crippen LogP contribution in [0.2, 0.25) is 0 Å². The quantitative estimate of drug-likeness (QED) is 0.423. The van der Waals surface area contributed by atoms with E-state index < -0.39 is 55.2 Å². The fourth-order valence-corrected chi connectivity index (χ4v) is 2.96. The van der Waals surface area contributed by atoms with Gasteiger partial charge in [0.2, 0.25) is 5.82 Å². The zero-order valence-electron chi connectivity index (χ0n) is 15.5. The summed E-state index contributed by atoms with van der Waals surface area (Å²) in [6.07, 6.45) is 0. The van der Waals surface area contributed by atoms with Gasteiger partial charge in [-0.05, 0) is 46.2 Å². The molecular formula is C16H21F3N2O5S. The zero-order chi connectivity index (χ0) is 21.2. The van der Waals surface area contributed by atoms with Gasteiger partial charge in [0.05, 0.1) is 27.3 Å². The molecule has 0 aliphatic rings. The van der Waals surface area contributed by atoms with Crippen LogP contribution in [0, 0.1) is 15.9 Å². The molecule has 0 bridgehead atoms. The molecule has 0 saturated carbocycles. The number of nitro groups is 1. The van der Waals surface area contributed by atoms with E-state index in [1.54, 1.807) is 0 Å². The number of hydrogen-bond acceptors (Lipinski definition) is 5. The summed E-state index contributed by atoms with van der Waals surface area (Å²) in [5, 5.41) is 11.0. The first-order chi connectivity index (χ1) is 12.2. The lowest BCUT2D eigenvalue weighted by molar-refractivity contribution is -0.387. The third kappa shape index (κ3) is 4.64. The molecule has 2 atom stereocenters. The van der Waals surface area contributed by atoms with Gasteiger partial charge in [-0.1, -0.05) is 6.07 Å². The minimum Gasteiger partial charge on any atom is -0.461 e. The van der Waals surface area contributed by atoms with Gasteiger partial charge >= 0.3 is 17.6 Å². The maximum absolute atomic E-state index is 15.0. The number of ether oxygens (including phenoxy) is 1. The minimum atomic E-state index is -4.27. The third-order valence-corrected chi connectivity index (χ3v) is 5.44. The number of rotatable bonds is 7. The molecule has 1 rings (SSSR count). The standard InChI is InChI=1S/C16H21F3N2O5S/c1-6-26-13(22)16(18,19)15(5,20-27(25)14(2,3)4)10-7-8-11(17)12(9-10)21(23)24/h7-9,20H,6H2,1-5H3/t15-,27-/m1/s1. The second-order valence-corrected chi connectivity index (χ2v) is 8.79. The molecule has 0 aromatic heterocycles. The van der Waals surface area contributed by atoms with Crippen molar-refractivity contribution in [3.8, 4) is 0 Å². The number of alkyl halides is 2. The number of nitro benzene ring substituents is 1. The summed E-state index contributed by atoms with van der Waals surface area (Å²) in [6, 6.07) is 2.08. The van der Waals surface area contributed by atoms with Crippen molar-refractivity contribution in [1.29, 1.82) is 0 Å². The van der Waals surface area contributed by atoms with Gasteiger partial charge in [-0.2, -0.15) is 13.2 Å². The Morgan fingerprint density at radius 3 is 2.30 bits per heavy atom. The molecule has 0 saturated heterocycles. The van der Waals surface area contributed by atoms with E-state index in [2.05, 4.69) is 9.46 Å². The Balaban J connectivity index is 3.64. The van der Waals surface area contributed by atoms with Crippen molar-refractivity contribution >= 4 is 22.6 Å². The number of nitrogens with one attached hydrogen (secondary N) is 1. The fourth-order valence-electron chi connectivity index (χ4n) is 2.03. The van der Waals surface area contributed by atoms with Gasteiger partial charge in [-0.3, -0.25) is 10.1 Å². The van der Waals surface area contributed by atoms with Crippen LogP contribution in [0.1, 0.15) is 40.2 Å². The molecular weight excluding hydrogens is 389 g/mol. The van der Waals surface area contributed by atoms with E-state index >= 15 is 0 Å². The summed E-state index contributed by atoms with van der Waals surface area (Å²) >= 11 is 0. The summed E-state index contributed by atoms with van der Waals surface area (Å²) in [5.41, 5.74) is -4.22. The van der Waals surface area contributed by atoms with Crippen LogP contribution in [-0.4, -0.2) is 32.4 Å². The van der Waals surface area contributed by atoms with Crippen molar-refractivity contribution in [1.82, 2.24) is 4.72 Å². The van der Waals surface area contributed by atoms with Gasteiger partial charge in [0.1, 0.15) is 5.54 Å². The van der Waals surface area contributed by atoms with Crippen molar-refractivity contribution < 1.29 is 31.8 Å². The largest absolute Gasteiger partial charge is 0.461 e. The maximum atomic E-state index is 15.0. The highest BCUT2D eigenvalue weighted by Crippen LogP contribution is 2.41. The van der Waals surface area contributed by atoms with E-state index in [1.807, 2.05) is 0 Å². The van der Waals surface area contributed by atoms with Gasteiger partial charge in [0.25, 0.3) is 0 Å². The first-order valence-corrected chi connectivity index (χ1v) is 9.02. The van der Waals surface area contributed by atoms with Crippen LogP contribution in [0.5, 0.6) is 0 Å². The predicted octanol–water partition coefficient (Wildman–Crippen LogP) is 3.20. The van der Waals surface area contributed by atoms with Gasteiger partial charge in [0, 0.05) is 6.07 Å². The second kappa shape index (κ2) is 7.93. The normalized spacial score (nSPS) is 15.7. The highest BCUT2D eigenvalue weighted by molar-refractivity contribution is 7.84. The number of nitrogens with zero attached hydrogens (tertiary/aromatic N) is 1. The molecule has 0 spiro atoms. The highest BCUT2D eigenvalue weighted by Gasteiger charge is 2.60. The highest BCUT2D eigenvalue weighted by atomic mass is 32.2.